The van der Waals surface area contributed by atoms with Gasteiger partial charge >= 0.3 is 0 Å². The molecule has 0 saturated carbocycles. The number of halogens is 1. The fourth-order valence-corrected chi connectivity index (χ4v) is 2.06. The molecule has 0 fully saturated rings. The van der Waals surface area contributed by atoms with Crippen molar-refractivity contribution >= 4 is 0 Å². The molecule has 0 aliphatic carbocycles. The van der Waals surface area contributed by atoms with E-state index in [1.54, 1.807) is 18.6 Å². The SMILES string of the molecule is CCCNC(c1ccoc1)c1cc(F)ccc1C. The Hall–Kier alpha value is -1.61. The smallest absolute Gasteiger partial charge is 0.123 e. The van der Waals surface area contributed by atoms with Crippen molar-refractivity contribution < 1.29 is 8.81 Å². The quantitative estimate of drug-likeness (QED) is 0.869. The number of rotatable bonds is 5. The summed E-state index contributed by atoms with van der Waals surface area (Å²) in [4.78, 5) is 0. The van der Waals surface area contributed by atoms with Crippen molar-refractivity contribution in [1.29, 1.82) is 0 Å². The van der Waals surface area contributed by atoms with Crippen molar-refractivity contribution in [3.8, 4) is 0 Å². The van der Waals surface area contributed by atoms with Crippen LogP contribution in [0.1, 0.15) is 36.1 Å². The van der Waals surface area contributed by atoms with Crippen LogP contribution in [-0.2, 0) is 0 Å². The van der Waals surface area contributed by atoms with Crippen molar-refractivity contribution in [3.63, 3.8) is 0 Å². The van der Waals surface area contributed by atoms with E-state index in [1.807, 2.05) is 19.1 Å². The largest absolute Gasteiger partial charge is 0.472 e. The molecule has 2 aromatic rings. The van der Waals surface area contributed by atoms with E-state index in [-0.39, 0.29) is 11.9 Å². The Morgan fingerprint density at radius 3 is 2.83 bits per heavy atom. The van der Waals surface area contributed by atoms with E-state index in [0.717, 1.165) is 29.7 Å². The lowest BCUT2D eigenvalue weighted by molar-refractivity contribution is 0.545. The first-order valence-corrected chi connectivity index (χ1v) is 6.24. The normalized spacial score (nSPS) is 12.6. The molecule has 2 nitrogen and oxygen atoms in total. The van der Waals surface area contributed by atoms with Crippen LogP contribution in [0.4, 0.5) is 4.39 Å². The molecule has 3 heteroatoms. The van der Waals surface area contributed by atoms with Crippen LogP contribution >= 0.6 is 0 Å². The lowest BCUT2D eigenvalue weighted by Crippen LogP contribution is -2.23. The summed E-state index contributed by atoms with van der Waals surface area (Å²) in [5.41, 5.74) is 3.06. The van der Waals surface area contributed by atoms with Crippen LogP contribution in [-0.4, -0.2) is 6.54 Å². The van der Waals surface area contributed by atoms with Crippen LogP contribution in [0.5, 0.6) is 0 Å². The summed E-state index contributed by atoms with van der Waals surface area (Å²) < 4.78 is 18.6. The fourth-order valence-electron chi connectivity index (χ4n) is 2.06. The number of hydrogen-bond donors (Lipinski definition) is 1. The van der Waals surface area contributed by atoms with Crippen LogP contribution in [0.15, 0.2) is 41.2 Å². The highest BCUT2D eigenvalue weighted by molar-refractivity contribution is 5.35. The van der Waals surface area contributed by atoms with Crippen LogP contribution in [0.2, 0.25) is 0 Å². The molecule has 0 spiro atoms. The van der Waals surface area contributed by atoms with Gasteiger partial charge < -0.3 is 9.73 Å². The van der Waals surface area contributed by atoms with E-state index in [1.165, 1.54) is 6.07 Å². The van der Waals surface area contributed by atoms with Gasteiger partial charge in [-0.05, 0) is 49.2 Å². The van der Waals surface area contributed by atoms with Gasteiger partial charge in [0.05, 0.1) is 18.6 Å². The molecular formula is C15H18FNO. The number of hydrogen-bond acceptors (Lipinski definition) is 2. The highest BCUT2D eigenvalue weighted by Crippen LogP contribution is 2.26. The summed E-state index contributed by atoms with van der Waals surface area (Å²) in [5, 5.41) is 3.43. The molecule has 1 aromatic heterocycles. The Morgan fingerprint density at radius 2 is 2.17 bits per heavy atom. The monoisotopic (exact) mass is 247 g/mol. The van der Waals surface area contributed by atoms with Gasteiger partial charge in [0.1, 0.15) is 5.82 Å². The summed E-state index contributed by atoms with van der Waals surface area (Å²) in [6, 6.07) is 6.79. The minimum Gasteiger partial charge on any atom is -0.472 e. The number of benzene rings is 1. The predicted octanol–water partition coefficient (Wildman–Crippen LogP) is 3.82. The van der Waals surface area contributed by atoms with Crippen LogP contribution in [0, 0.1) is 12.7 Å². The summed E-state index contributed by atoms with van der Waals surface area (Å²) in [6.45, 7) is 4.99. The van der Waals surface area contributed by atoms with Gasteiger partial charge in [-0.2, -0.15) is 0 Å². The third-order valence-electron chi connectivity index (χ3n) is 3.03. The maximum absolute atomic E-state index is 13.4. The van der Waals surface area contributed by atoms with Gasteiger partial charge in [-0.25, -0.2) is 4.39 Å². The molecule has 1 atom stereocenters. The fraction of sp³-hybridized carbons (Fsp3) is 0.333. The molecule has 0 bridgehead atoms. The summed E-state index contributed by atoms with van der Waals surface area (Å²) in [6.07, 6.45) is 4.38. The third kappa shape index (κ3) is 2.79. The zero-order valence-corrected chi connectivity index (χ0v) is 10.7. The van der Waals surface area contributed by atoms with Gasteiger partial charge in [-0.3, -0.25) is 0 Å². The van der Waals surface area contributed by atoms with Gasteiger partial charge in [0.15, 0.2) is 0 Å². The van der Waals surface area contributed by atoms with Gasteiger partial charge in [0, 0.05) is 5.56 Å². The Bertz CT molecular complexity index is 493. The second kappa shape index (κ2) is 5.83. The standard InChI is InChI=1S/C15H18FNO/c1-3-7-17-15(12-6-8-18-10-12)14-9-13(16)5-4-11(14)2/h4-6,8-10,15,17H,3,7H2,1-2H3. The maximum Gasteiger partial charge on any atom is 0.123 e. The molecule has 1 unspecified atom stereocenters. The molecule has 0 amide bonds. The molecule has 0 radical (unpaired) electrons. The van der Waals surface area contributed by atoms with Gasteiger partial charge in [-0.1, -0.05) is 13.0 Å². The van der Waals surface area contributed by atoms with Gasteiger partial charge in [0.2, 0.25) is 0 Å². The molecule has 1 heterocycles. The van der Waals surface area contributed by atoms with E-state index in [4.69, 9.17) is 4.42 Å². The van der Waals surface area contributed by atoms with E-state index < -0.39 is 0 Å². The summed E-state index contributed by atoms with van der Waals surface area (Å²) >= 11 is 0. The maximum atomic E-state index is 13.4. The molecule has 1 aromatic carbocycles. The average Bonchev–Trinajstić information content (AvgIpc) is 2.88. The summed E-state index contributed by atoms with van der Waals surface area (Å²) in [7, 11) is 0. The van der Waals surface area contributed by atoms with Crippen molar-refractivity contribution in [3.05, 3.63) is 59.3 Å². The molecule has 1 N–H and O–H groups in total. The minimum atomic E-state index is -0.206. The van der Waals surface area contributed by atoms with Crippen molar-refractivity contribution in [2.24, 2.45) is 0 Å². The Balaban J connectivity index is 2.36. The zero-order valence-electron chi connectivity index (χ0n) is 10.7. The lowest BCUT2D eigenvalue weighted by Gasteiger charge is -2.19. The van der Waals surface area contributed by atoms with Gasteiger partial charge in [0.25, 0.3) is 0 Å². The summed E-state index contributed by atoms with van der Waals surface area (Å²) in [5.74, 6) is -0.206. The van der Waals surface area contributed by atoms with Crippen molar-refractivity contribution in [2.75, 3.05) is 6.54 Å². The number of furan rings is 1. The topological polar surface area (TPSA) is 25.2 Å². The molecule has 96 valence electrons. The minimum absolute atomic E-state index is 0.0144. The van der Waals surface area contributed by atoms with E-state index in [0.29, 0.717) is 0 Å². The Labute approximate surface area is 107 Å². The number of nitrogens with one attached hydrogen (secondary N) is 1. The Kier molecular flexibility index (Phi) is 4.15. The molecule has 0 aliphatic heterocycles. The molecule has 18 heavy (non-hydrogen) atoms. The van der Waals surface area contributed by atoms with Crippen molar-refractivity contribution in [1.82, 2.24) is 5.32 Å². The Morgan fingerprint density at radius 1 is 1.33 bits per heavy atom. The van der Waals surface area contributed by atoms with Crippen LogP contribution < -0.4 is 5.32 Å². The van der Waals surface area contributed by atoms with Crippen LogP contribution in [0.25, 0.3) is 0 Å². The molecule has 0 aliphatic rings. The molecule has 2 rings (SSSR count). The van der Waals surface area contributed by atoms with Gasteiger partial charge in [-0.15, -0.1) is 0 Å². The first-order chi connectivity index (χ1) is 8.72. The molecular weight excluding hydrogens is 229 g/mol. The average molecular weight is 247 g/mol. The first-order valence-electron chi connectivity index (χ1n) is 6.24. The van der Waals surface area contributed by atoms with Crippen molar-refractivity contribution in [2.45, 2.75) is 26.3 Å². The van der Waals surface area contributed by atoms with Crippen LogP contribution in [0.3, 0.4) is 0 Å². The highest BCUT2D eigenvalue weighted by Gasteiger charge is 2.17. The van der Waals surface area contributed by atoms with E-state index in [2.05, 4.69) is 12.2 Å². The first kappa shape index (κ1) is 12.8. The molecule has 0 saturated heterocycles. The van der Waals surface area contributed by atoms with E-state index >= 15 is 0 Å². The predicted molar refractivity (Wildman–Crippen MR) is 70.0 cm³/mol. The lowest BCUT2D eigenvalue weighted by atomic mass is 9.96. The second-order valence-corrected chi connectivity index (χ2v) is 4.44. The zero-order chi connectivity index (χ0) is 13.0. The van der Waals surface area contributed by atoms with E-state index in [9.17, 15) is 4.39 Å². The highest BCUT2D eigenvalue weighted by atomic mass is 19.1. The second-order valence-electron chi connectivity index (χ2n) is 4.44. The number of aryl methyl sites for hydroxylation is 1. The third-order valence-corrected chi connectivity index (χ3v) is 3.03.